The summed E-state index contributed by atoms with van der Waals surface area (Å²) in [6.07, 6.45) is 2.36. The Bertz CT molecular complexity index is 321. The zero-order chi connectivity index (χ0) is 11.4. The van der Waals surface area contributed by atoms with Crippen molar-refractivity contribution in [1.82, 2.24) is 10.6 Å². The van der Waals surface area contributed by atoms with Crippen molar-refractivity contribution >= 4 is 5.69 Å². The van der Waals surface area contributed by atoms with Crippen LogP contribution in [-0.4, -0.2) is 19.4 Å². The van der Waals surface area contributed by atoms with Gasteiger partial charge in [-0.1, -0.05) is 32.0 Å². The molecule has 2 rings (SSSR count). The molecule has 0 spiro atoms. The van der Waals surface area contributed by atoms with E-state index in [0.29, 0.717) is 0 Å². The van der Waals surface area contributed by atoms with Gasteiger partial charge in [-0.15, -0.1) is 0 Å². The second-order valence-electron chi connectivity index (χ2n) is 4.14. The van der Waals surface area contributed by atoms with Crippen LogP contribution in [-0.2, 0) is 12.8 Å². The highest BCUT2D eigenvalue weighted by Crippen LogP contribution is 2.22. The normalized spacial score (nSPS) is 16.6. The monoisotopic (exact) mass is 219 g/mol. The molecule has 0 radical (unpaired) electrons. The molecule has 0 amide bonds. The maximum atomic E-state index is 3.56. The third kappa shape index (κ3) is 2.36. The minimum absolute atomic E-state index is 0.220. The van der Waals surface area contributed by atoms with Gasteiger partial charge in [-0.05, 0) is 24.0 Å². The second kappa shape index (κ2) is 5.32. The number of benzene rings is 1. The molecule has 3 heteroatoms. The van der Waals surface area contributed by atoms with Crippen LogP contribution in [0.4, 0.5) is 5.69 Å². The average Bonchev–Trinajstić information content (AvgIpc) is 2.82. The van der Waals surface area contributed by atoms with Crippen molar-refractivity contribution in [2.24, 2.45) is 0 Å². The van der Waals surface area contributed by atoms with Crippen molar-refractivity contribution in [3.8, 4) is 0 Å². The van der Waals surface area contributed by atoms with Gasteiger partial charge in [0.15, 0.2) is 0 Å². The fourth-order valence-corrected chi connectivity index (χ4v) is 2.18. The van der Waals surface area contributed by atoms with E-state index in [2.05, 4.69) is 48.0 Å². The number of aryl methyl sites for hydroxylation is 2. The Hall–Kier alpha value is -1.06. The van der Waals surface area contributed by atoms with E-state index in [-0.39, 0.29) is 6.29 Å². The summed E-state index contributed by atoms with van der Waals surface area (Å²) in [4.78, 5) is 0. The maximum Gasteiger partial charge on any atom is 0.132 e. The van der Waals surface area contributed by atoms with Gasteiger partial charge in [0.05, 0.1) is 0 Å². The Morgan fingerprint density at radius 3 is 2.19 bits per heavy atom. The van der Waals surface area contributed by atoms with Crippen LogP contribution >= 0.6 is 0 Å². The molecule has 1 aromatic rings. The summed E-state index contributed by atoms with van der Waals surface area (Å²) in [6.45, 7) is 6.48. The van der Waals surface area contributed by atoms with Crippen molar-refractivity contribution in [2.75, 3.05) is 18.4 Å². The Kier molecular flexibility index (Phi) is 3.80. The topological polar surface area (TPSA) is 36.1 Å². The van der Waals surface area contributed by atoms with Gasteiger partial charge in [0, 0.05) is 18.8 Å². The number of nitrogens with one attached hydrogen (secondary N) is 3. The number of anilines is 1. The Balaban J connectivity index is 2.21. The number of hydrogen-bond donors (Lipinski definition) is 3. The van der Waals surface area contributed by atoms with E-state index in [1.807, 2.05) is 0 Å². The lowest BCUT2D eigenvalue weighted by atomic mass is 10.0. The molecule has 88 valence electrons. The predicted molar refractivity (Wildman–Crippen MR) is 68.6 cm³/mol. The molecule has 1 heterocycles. The Labute approximate surface area is 97.6 Å². The number of hydrogen-bond acceptors (Lipinski definition) is 3. The van der Waals surface area contributed by atoms with E-state index < -0.39 is 0 Å². The highest BCUT2D eigenvalue weighted by molar-refractivity contribution is 5.58. The van der Waals surface area contributed by atoms with Gasteiger partial charge in [-0.25, -0.2) is 0 Å². The molecule has 0 unspecified atom stereocenters. The van der Waals surface area contributed by atoms with Crippen LogP contribution in [0.15, 0.2) is 18.2 Å². The molecule has 0 saturated carbocycles. The predicted octanol–water partition coefficient (Wildman–Crippen LogP) is 1.70. The molecule has 3 nitrogen and oxygen atoms in total. The molecular formula is C13H21N3. The summed E-state index contributed by atoms with van der Waals surface area (Å²) in [5.41, 5.74) is 4.10. The van der Waals surface area contributed by atoms with E-state index in [4.69, 9.17) is 0 Å². The third-order valence-corrected chi connectivity index (χ3v) is 3.11. The van der Waals surface area contributed by atoms with E-state index in [1.54, 1.807) is 0 Å². The molecule has 16 heavy (non-hydrogen) atoms. The van der Waals surface area contributed by atoms with Crippen LogP contribution in [0.2, 0.25) is 0 Å². The molecular weight excluding hydrogens is 198 g/mol. The van der Waals surface area contributed by atoms with Crippen molar-refractivity contribution in [2.45, 2.75) is 33.0 Å². The van der Waals surface area contributed by atoms with E-state index >= 15 is 0 Å². The van der Waals surface area contributed by atoms with Gasteiger partial charge in [0.2, 0.25) is 0 Å². The summed E-state index contributed by atoms with van der Waals surface area (Å²) >= 11 is 0. The molecule has 1 fully saturated rings. The highest BCUT2D eigenvalue weighted by Gasteiger charge is 2.15. The first-order valence-electron chi connectivity index (χ1n) is 6.19. The fraction of sp³-hybridized carbons (Fsp3) is 0.538. The minimum atomic E-state index is 0.220. The van der Waals surface area contributed by atoms with Crippen LogP contribution in [0, 0.1) is 0 Å². The largest absolute Gasteiger partial charge is 0.357 e. The lowest BCUT2D eigenvalue weighted by molar-refractivity contribution is 0.619. The van der Waals surface area contributed by atoms with E-state index in [1.165, 1.54) is 16.8 Å². The van der Waals surface area contributed by atoms with E-state index in [9.17, 15) is 0 Å². The fourth-order valence-electron chi connectivity index (χ4n) is 2.18. The summed E-state index contributed by atoms with van der Waals surface area (Å²) in [5.74, 6) is 0. The zero-order valence-electron chi connectivity index (χ0n) is 10.1. The molecule has 1 saturated heterocycles. The van der Waals surface area contributed by atoms with Gasteiger partial charge < -0.3 is 5.32 Å². The number of rotatable bonds is 4. The highest BCUT2D eigenvalue weighted by atomic mass is 15.3. The summed E-state index contributed by atoms with van der Waals surface area (Å²) in [7, 11) is 0. The SMILES string of the molecule is CCc1cccc(CC)c1NC1NCCN1. The maximum absolute atomic E-state index is 3.56. The van der Waals surface area contributed by atoms with Crippen molar-refractivity contribution in [3.63, 3.8) is 0 Å². The van der Waals surface area contributed by atoms with Crippen molar-refractivity contribution < 1.29 is 0 Å². The summed E-state index contributed by atoms with van der Waals surface area (Å²) in [6, 6.07) is 6.56. The Morgan fingerprint density at radius 2 is 1.69 bits per heavy atom. The molecule has 0 aromatic heterocycles. The lowest BCUT2D eigenvalue weighted by Gasteiger charge is -2.20. The molecule has 3 N–H and O–H groups in total. The smallest absolute Gasteiger partial charge is 0.132 e. The number of para-hydroxylation sites is 1. The average molecular weight is 219 g/mol. The van der Waals surface area contributed by atoms with Crippen LogP contribution in [0.1, 0.15) is 25.0 Å². The molecule has 1 aromatic carbocycles. The quantitative estimate of drug-likeness (QED) is 0.721. The van der Waals surface area contributed by atoms with Crippen LogP contribution in [0.3, 0.4) is 0 Å². The molecule has 1 aliphatic rings. The van der Waals surface area contributed by atoms with Gasteiger partial charge in [0.25, 0.3) is 0 Å². The lowest BCUT2D eigenvalue weighted by Crippen LogP contribution is -2.39. The van der Waals surface area contributed by atoms with Crippen LogP contribution < -0.4 is 16.0 Å². The molecule has 0 bridgehead atoms. The van der Waals surface area contributed by atoms with Crippen molar-refractivity contribution in [1.29, 1.82) is 0 Å². The third-order valence-electron chi connectivity index (χ3n) is 3.11. The van der Waals surface area contributed by atoms with Crippen molar-refractivity contribution in [3.05, 3.63) is 29.3 Å². The minimum Gasteiger partial charge on any atom is -0.357 e. The summed E-state index contributed by atoms with van der Waals surface area (Å²) in [5, 5.41) is 10.3. The van der Waals surface area contributed by atoms with Gasteiger partial charge >= 0.3 is 0 Å². The van der Waals surface area contributed by atoms with Crippen LogP contribution in [0.5, 0.6) is 0 Å². The van der Waals surface area contributed by atoms with Crippen LogP contribution in [0.25, 0.3) is 0 Å². The second-order valence-corrected chi connectivity index (χ2v) is 4.14. The van der Waals surface area contributed by atoms with Gasteiger partial charge in [-0.3, -0.25) is 10.6 Å². The first-order chi connectivity index (χ1) is 7.85. The molecule has 0 atom stereocenters. The Morgan fingerprint density at radius 1 is 1.12 bits per heavy atom. The zero-order valence-corrected chi connectivity index (χ0v) is 10.1. The first kappa shape index (κ1) is 11.4. The first-order valence-corrected chi connectivity index (χ1v) is 6.19. The van der Waals surface area contributed by atoms with Gasteiger partial charge in [0.1, 0.15) is 6.29 Å². The molecule has 1 aliphatic heterocycles. The molecule has 0 aliphatic carbocycles. The standard InChI is InChI=1S/C13H21N3/c1-3-10-6-5-7-11(4-2)12(10)16-13-14-8-9-15-13/h5-7,13-16H,3-4,8-9H2,1-2H3. The van der Waals surface area contributed by atoms with E-state index in [0.717, 1.165) is 25.9 Å². The van der Waals surface area contributed by atoms with Gasteiger partial charge in [-0.2, -0.15) is 0 Å². The summed E-state index contributed by atoms with van der Waals surface area (Å²) < 4.78 is 0.